The minimum absolute atomic E-state index is 0.0890. The van der Waals surface area contributed by atoms with E-state index in [9.17, 15) is 4.79 Å². The molecule has 3 N–H and O–H groups in total. The van der Waals surface area contributed by atoms with Crippen LogP contribution in [0.1, 0.15) is 13.3 Å². The molecule has 0 aliphatic carbocycles. The van der Waals surface area contributed by atoms with Crippen molar-refractivity contribution in [3.63, 3.8) is 0 Å². The van der Waals surface area contributed by atoms with E-state index in [0.717, 1.165) is 12.2 Å². The number of carbonyl (C=O) groups is 1. The van der Waals surface area contributed by atoms with E-state index in [2.05, 4.69) is 5.32 Å². The number of halogens is 2. The van der Waals surface area contributed by atoms with Gasteiger partial charge in [-0.3, -0.25) is 4.79 Å². The molecule has 1 aromatic carbocycles. The number of rotatable bonds is 6. The van der Waals surface area contributed by atoms with Gasteiger partial charge in [-0.25, -0.2) is 0 Å². The van der Waals surface area contributed by atoms with Gasteiger partial charge in [0, 0.05) is 6.04 Å². The zero-order valence-electron chi connectivity index (χ0n) is 10.1. The minimum atomic E-state index is -0.0890. The van der Waals surface area contributed by atoms with Crippen molar-refractivity contribution in [2.75, 3.05) is 16.8 Å². The van der Waals surface area contributed by atoms with Crippen LogP contribution in [0, 0.1) is 0 Å². The predicted octanol–water partition coefficient (Wildman–Crippen LogP) is 3.40. The van der Waals surface area contributed by atoms with Crippen LogP contribution in [0.3, 0.4) is 0 Å². The van der Waals surface area contributed by atoms with Crippen molar-refractivity contribution in [1.82, 2.24) is 0 Å². The van der Waals surface area contributed by atoms with Crippen LogP contribution in [-0.4, -0.2) is 23.5 Å². The normalized spacial score (nSPS) is 12.2. The zero-order valence-corrected chi connectivity index (χ0v) is 12.4. The van der Waals surface area contributed by atoms with E-state index < -0.39 is 0 Å². The van der Waals surface area contributed by atoms with Crippen molar-refractivity contribution >= 4 is 46.6 Å². The van der Waals surface area contributed by atoms with E-state index in [1.165, 1.54) is 0 Å². The van der Waals surface area contributed by atoms with Gasteiger partial charge in [-0.05, 0) is 31.2 Å². The molecule has 0 bridgehead atoms. The highest BCUT2D eigenvalue weighted by atomic mass is 35.5. The lowest BCUT2D eigenvalue weighted by molar-refractivity contribution is -0.113. The summed E-state index contributed by atoms with van der Waals surface area (Å²) in [5, 5.41) is 3.53. The fourth-order valence-corrected chi connectivity index (χ4v) is 2.51. The van der Waals surface area contributed by atoms with E-state index in [-0.39, 0.29) is 11.9 Å². The Morgan fingerprint density at radius 1 is 1.50 bits per heavy atom. The first-order valence-corrected chi connectivity index (χ1v) is 7.49. The number of nitrogens with one attached hydrogen (secondary N) is 1. The van der Waals surface area contributed by atoms with Gasteiger partial charge in [0.15, 0.2) is 0 Å². The molecular weight excluding hydrogens is 291 g/mol. The van der Waals surface area contributed by atoms with Crippen molar-refractivity contribution < 1.29 is 4.79 Å². The molecule has 0 aromatic heterocycles. The summed E-state index contributed by atoms with van der Waals surface area (Å²) in [5.74, 6) is 1.16. The van der Waals surface area contributed by atoms with Gasteiger partial charge in [0.2, 0.25) is 5.91 Å². The minimum Gasteiger partial charge on any atom is -0.328 e. The first kappa shape index (κ1) is 15.6. The predicted molar refractivity (Wildman–Crippen MR) is 80.7 cm³/mol. The van der Waals surface area contributed by atoms with E-state index in [0.29, 0.717) is 21.5 Å². The average molecular weight is 307 g/mol. The number of hydrogen-bond donors (Lipinski definition) is 2. The summed E-state index contributed by atoms with van der Waals surface area (Å²) < 4.78 is 0. The Bertz CT molecular complexity index is 413. The van der Waals surface area contributed by atoms with Crippen LogP contribution in [-0.2, 0) is 4.79 Å². The summed E-state index contributed by atoms with van der Waals surface area (Å²) in [6.07, 6.45) is 0.899. The largest absolute Gasteiger partial charge is 0.328 e. The Balaban J connectivity index is 2.38. The molecule has 0 saturated heterocycles. The summed E-state index contributed by atoms with van der Waals surface area (Å²) >= 11 is 13.4. The first-order valence-electron chi connectivity index (χ1n) is 5.58. The molecule has 0 fully saturated rings. The zero-order chi connectivity index (χ0) is 13.5. The van der Waals surface area contributed by atoms with E-state index in [4.69, 9.17) is 28.9 Å². The Morgan fingerprint density at radius 3 is 2.89 bits per heavy atom. The summed E-state index contributed by atoms with van der Waals surface area (Å²) in [6, 6.07) is 5.31. The van der Waals surface area contributed by atoms with Crippen LogP contribution < -0.4 is 11.1 Å². The Kier molecular flexibility index (Phi) is 6.86. The van der Waals surface area contributed by atoms with Crippen molar-refractivity contribution in [3.8, 4) is 0 Å². The van der Waals surface area contributed by atoms with Gasteiger partial charge in [-0.15, -0.1) is 0 Å². The van der Waals surface area contributed by atoms with Crippen molar-refractivity contribution in [3.05, 3.63) is 28.2 Å². The molecule has 6 heteroatoms. The number of benzene rings is 1. The molecule has 3 nitrogen and oxygen atoms in total. The number of hydrogen-bond acceptors (Lipinski definition) is 3. The maximum atomic E-state index is 11.7. The van der Waals surface area contributed by atoms with Crippen molar-refractivity contribution in [2.45, 2.75) is 19.4 Å². The van der Waals surface area contributed by atoms with Crippen LogP contribution in [0.5, 0.6) is 0 Å². The number of nitrogens with two attached hydrogens (primary N) is 1. The Morgan fingerprint density at radius 2 is 2.22 bits per heavy atom. The lowest BCUT2D eigenvalue weighted by Crippen LogP contribution is -2.17. The monoisotopic (exact) mass is 306 g/mol. The summed E-state index contributed by atoms with van der Waals surface area (Å²) in [7, 11) is 0. The molecule has 0 aliphatic heterocycles. The topological polar surface area (TPSA) is 55.1 Å². The summed E-state index contributed by atoms with van der Waals surface area (Å²) in [4.78, 5) is 11.7. The number of amides is 1. The van der Waals surface area contributed by atoms with Gasteiger partial charge < -0.3 is 11.1 Å². The molecule has 0 aliphatic rings. The van der Waals surface area contributed by atoms with Gasteiger partial charge in [-0.1, -0.05) is 29.3 Å². The standard InChI is InChI=1S/C12H16Cl2N2OS/c1-8(15)5-6-18-7-11(17)16-10-4-2-3-9(13)12(10)14/h2-4,8H,5-7,15H2,1H3,(H,16,17). The SMILES string of the molecule is CC(N)CCSCC(=O)Nc1cccc(Cl)c1Cl. The van der Waals surface area contributed by atoms with Crippen LogP contribution in [0.2, 0.25) is 10.0 Å². The van der Waals surface area contributed by atoms with Crippen LogP contribution >= 0.6 is 35.0 Å². The smallest absolute Gasteiger partial charge is 0.234 e. The second-order valence-electron chi connectivity index (χ2n) is 3.97. The lowest BCUT2D eigenvalue weighted by Gasteiger charge is -2.08. The molecule has 18 heavy (non-hydrogen) atoms. The maximum absolute atomic E-state index is 11.7. The van der Waals surface area contributed by atoms with Gasteiger partial charge in [0.05, 0.1) is 21.5 Å². The third-order valence-electron chi connectivity index (χ3n) is 2.18. The average Bonchev–Trinajstić information content (AvgIpc) is 2.30. The van der Waals surface area contributed by atoms with Crippen LogP contribution in [0.15, 0.2) is 18.2 Å². The van der Waals surface area contributed by atoms with Gasteiger partial charge in [0.1, 0.15) is 0 Å². The second kappa shape index (κ2) is 7.89. The van der Waals surface area contributed by atoms with E-state index >= 15 is 0 Å². The fraction of sp³-hybridized carbons (Fsp3) is 0.417. The highest BCUT2D eigenvalue weighted by molar-refractivity contribution is 7.99. The Labute approximate surface area is 121 Å². The Hall–Kier alpha value is -0.420. The summed E-state index contributed by atoms with van der Waals surface area (Å²) in [6.45, 7) is 1.95. The third kappa shape index (κ3) is 5.48. The second-order valence-corrected chi connectivity index (χ2v) is 5.86. The molecule has 1 unspecified atom stereocenters. The molecule has 1 aromatic rings. The summed E-state index contributed by atoms with van der Waals surface area (Å²) in [5.41, 5.74) is 6.17. The van der Waals surface area contributed by atoms with Gasteiger partial charge >= 0.3 is 0 Å². The molecule has 1 rings (SSSR count). The van der Waals surface area contributed by atoms with Crippen molar-refractivity contribution in [2.24, 2.45) is 5.73 Å². The molecule has 1 amide bonds. The van der Waals surface area contributed by atoms with E-state index in [1.54, 1.807) is 30.0 Å². The third-order valence-corrected chi connectivity index (χ3v) is 3.99. The number of thioether (sulfide) groups is 1. The number of anilines is 1. The first-order chi connectivity index (χ1) is 8.50. The van der Waals surface area contributed by atoms with Gasteiger partial charge in [-0.2, -0.15) is 11.8 Å². The highest BCUT2D eigenvalue weighted by Crippen LogP contribution is 2.29. The molecule has 0 saturated carbocycles. The molecular formula is C12H16Cl2N2OS. The quantitative estimate of drug-likeness (QED) is 0.792. The van der Waals surface area contributed by atoms with E-state index in [1.807, 2.05) is 6.92 Å². The molecule has 100 valence electrons. The lowest BCUT2D eigenvalue weighted by atomic mass is 10.3. The molecule has 0 heterocycles. The maximum Gasteiger partial charge on any atom is 0.234 e. The number of carbonyl (C=O) groups excluding carboxylic acids is 1. The van der Waals surface area contributed by atoms with Crippen molar-refractivity contribution in [1.29, 1.82) is 0 Å². The molecule has 1 atom stereocenters. The molecule has 0 spiro atoms. The van der Waals surface area contributed by atoms with Crippen LogP contribution in [0.4, 0.5) is 5.69 Å². The molecule has 0 radical (unpaired) electrons. The van der Waals surface area contributed by atoms with Crippen LogP contribution in [0.25, 0.3) is 0 Å². The highest BCUT2D eigenvalue weighted by Gasteiger charge is 2.08. The van der Waals surface area contributed by atoms with Gasteiger partial charge in [0.25, 0.3) is 0 Å². The fourth-order valence-electron chi connectivity index (χ4n) is 1.22.